The van der Waals surface area contributed by atoms with E-state index in [4.69, 9.17) is 16.3 Å². The number of fused-ring (bicyclic) bond motifs is 1. The Bertz CT molecular complexity index is 501. The van der Waals surface area contributed by atoms with Crippen molar-refractivity contribution < 1.29 is 4.74 Å². The van der Waals surface area contributed by atoms with E-state index < -0.39 is 0 Å². The molecule has 0 aliphatic carbocycles. The van der Waals surface area contributed by atoms with Gasteiger partial charge in [-0.05, 0) is 30.9 Å². The summed E-state index contributed by atoms with van der Waals surface area (Å²) < 4.78 is 5.00. The Morgan fingerprint density at radius 2 is 2.22 bits per heavy atom. The standard InChI is InChI=1S/C11H16ClN5O/c1-18-6-4-2-3-5-13-9-8-7-14-17-10(8)16-11(12)15-9/h7H,2-6H2,1H3,(H2,13,14,15,16,17). The number of ether oxygens (including phenoxy) is 1. The molecule has 0 unspecified atom stereocenters. The Morgan fingerprint density at radius 1 is 1.33 bits per heavy atom. The third kappa shape index (κ3) is 3.30. The largest absolute Gasteiger partial charge is 0.385 e. The number of hydrogen-bond acceptors (Lipinski definition) is 5. The number of hydrogen-bond donors (Lipinski definition) is 2. The molecule has 0 aliphatic rings. The van der Waals surface area contributed by atoms with Crippen molar-refractivity contribution in [3.63, 3.8) is 0 Å². The van der Waals surface area contributed by atoms with Crippen LogP contribution in [0.1, 0.15) is 19.3 Å². The lowest BCUT2D eigenvalue weighted by Crippen LogP contribution is -2.05. The van der Waals surface area contributed by atoms with Crippen LogP contribution >= 0.6 is 11.6 Å². The van der Waals surface area contributed by atoms with E-state index >= 15 is 0 Å². The lowest BCUT2D eigenvalue weighted by molar-refractivity contribution is 0.192. The van der Waals surface area contributed by atoms with Crippen molar-refractivity contribution in [2.75, 3.05) is 25.6 Å². The average molecular weight is 270 g/mol. The zero-order chi connectivity index (χ0) is 12.8. The van der Waals surface area contributed by atoms with Crippen LogP contribution in [-0.2, 0) is 4.74 Å². The van der Waals surface area contributed by atoms with Crippen molar-refractivity contribution in [3.05, 3.63) is 11.5 Å². The van der Waals surface area contributed by atoms with E-state index in [1.54, 1.807) is 13.3 Å². The van der Waals surface area contributed by atoms with Gasteiger partial charge in [0.1, 0.15) is 5.82 Å². The van der Waals surface area contributed by atoms with Gasteiger partial charge >= 0.3 is 0 Å². The molecule has 98 valence electrons. The van der Waals surface area contributed by atoms with E-state index in [0.29, 0.717) is 5.65 Å². The van der Waals surface area contributed by atoms with Gasteiger partial charge in [0.05, 0.1) is 11.6 Å². The highest BCUT2D eigenvalue weighted by Gasteiger charge is 2.07. The molecular weight excluding hydrogens is 254 g/mol. The van der Waals surface area contributed by atoms with E-state index in [2.05, 4.69) is 25.5 Å². The van der Waals surface area contributed by atoms with Crippen molar-refractivity contribution >= 4 is 28.5 Å². The van der Waals surface area contributed by atoms with Crippen LogP contribution in [0.25, 0.3) is 11.0 Å². The lowest BCUT2D eigenvalue weighted by atomic mass is 10.2. The van der Waals surface area contributed by atoms with Crippen molar-refractivity contribution in [3.8, 4) is 0 Å². The summed E-state index contributed by atoms with van der Waals surface area (Å²) in [6, 6.07) is 0. The topological polar surface area (TPSA) is 75.7 Å². The highest BCUT2D eigenvalue weighted by atomic mass is 35.5. The zero-order valence-corrected chi connectivity index (χ0v) is 11.0. The van der Waals surface area contributed by atoms with Gasteiger partial charge in [0.15, 0.2) is 5.65 Å². The molecule has 0 fully saturated rings. The summed E-state index contributed by atoms with van der Waals surface area (Å²) in [7, 11) is 1.72. The Morgan fingerprint density at radius 3 is 3.06 bits per heavy atom. The summed E-state index contributed by atoms with van der Waals surface area (Å²) in [5.74, 6) is 0.727. The molecule has 0 saturated carbocycles. The first kappa shape index (κ1) is 13.0. The summed E-state index contributed by atoms with van der Waals surface area (Å²) in [6.45, 7) is 1.66. The Kier molecular flexibility index (Phi) is 4.72. The molecule has 2 heterocycles. The molecule has 2 aromatic rings. The van der Waals surface area contributed by atoms with Crippen LogP contribution in [0.5, 0.6) is 0 Å². The Labute approximate surface area is 110 Å². The molecular formula is C11H16ClN5O. The van der Waals surface area contributed by atoms with Gasteiger partial charge in [-0.15, -0.1) is 0 Å². The number of H-pyrrole nitrogens is 1. The molecule has 0 saturated heterocycles. The predicted octanol–water partition coefficient (Wildman–Crippen LogP) is 2.23. The van der Waals surface area contributed by atoms with Gasteiger partial charge in [0.25, 0.3) is 0 Å². The van der Waals surface area contributed by atoms with Crippen LogP contribution in [0.4, 0.5) is 5.82 Å². The monoisotopic (exact) mass is 269 g/mol. The highest BCUT2D eigenvalue weighted by Crippen LogP contribution is 2.19. The average Bonchev–Trinajstić information content (AvgIpc) is 2.81. The Hall–Kier alpha value is -1.40. The number of aromatic nitrogens is 4. The van der Waals surface area contributed by atoms with Crippen molar-refractivity contribution in [2.24, 2.45) is 0 Å². The molecule has 0 aliphatic heterocycles. The number of anilines is 1. The lowest BCUT2D eigenvalue weighted by Gasteiger charge is -2.06. The minimum absolute atomic E-state index is 0.216. The maximum Gasteiger partial charge on any atom is 0.226 e. The van der Waals surface area contributed by atoms with E-state index in [1.165, 1.54) is 0 Å². The van der Waals surface area contributed by atoms with E-state index in [1.807, 2.05) is 0 Å². The quantitative estimate of drug-likeness (QED) is 0.595. The Balaban J connectivity index is 1.89. The molecule has 0 bridgehead atoms. The number of halogens is 1. The normalized spacial score (nSPS) is 11.0. The first-order chi connectivity index (χ1) is 8.81. The van der Waals surface area contributed by atoms with Crippen molar-refractivity contribution in [1.29, 1.82) is 0 Å². The molecule has 7 heteroatoms. The highest BCUT2D eigenvalue weighted by molar-refractivity contribution is 6.28. The fraction of sp³-hybridized carbons (Fsp3) is 0.545. The number of rotatable bonds is 7. The second-order valence-corrected chi connectivity index (χ2v) is 4.29. The molecule has 0 radical (unpaired) electrons. The molecule has 0 spiro atoms. The minimum Gasteiger partial charge on any atom is -0.385 e. The van der Waals surface area contributed by atoms with Gasteiger partial charge < -0.3 is 10.1 Å². The van der Waals surface area contributed by atoms with Gasteiger partial charge in [-0.2, -0.15) is 15.1 Å². The van der Waals surface area contributed by atoms with E-state index in [9.17, 15) is 0 Å². The number of unbranched alkanes of at least 4 members (excludes halogenated alkanes) is 2. The summed E-state index contributed by atoms with van der Waals surface area (Å²) in [4.78, 5) is 8.21. The van der Waals surface area contributed by atoms with Gasteiger partial charge in [0, 0.05) is 20.3 Å². The molecule has 6 nitrogen and oxygen atoms in total. The predicted molar refractivity (Wildman–Crippen MR) is 70.9 cm³/mol. The van der Waals surface area contributed by atoms with Gasteiger partial charge in [-0.25, -0.2) is 0 Å². The van der Waals surface area contributed by atoms with Crippen molar-refractivity contribution in [2.45, 2.75) is 19.3 Å². The van der Waals surface area contributed by atoms with Crippen LogP contribution in [0.2, 0.25) is 5.28 Å². The number of methoxy groups -OCH3 is 1. The minimum atomic E-state index is 0.216. The van der Waals surface area contributed by atoms with Crippen LogP contribution in [-0.4, -0.2) is 40.4 Å². The van der Waals surface area contributed by atoms with E-state index in [0.717, 1.165) is 43.6 Å². The zero-order valence-electron chi connectivity index (χ0n) is 10.2. The van der Waals surface area contributed by atoms with Gasteiger partial charge in [0.2, 0.25) is 5.28 Å². The van der Waals surface area contributed by atoms with Crippen LogP contribution in [0, 0.1) is 0 Å². The number of nitrogens with one attached hydrogen (secondary N) is 2. The summed E-state index contributed by atoms with van der Waals surface area (Å²) in [5.41, 5.74) is 0.650. The van der Waals surface area contributed by atoms with Crippen LogP contribution < -0.4 is 5.32 Å². The SMILES string of the molecule is COCCCCCNc1nc(Cl)nc2[nH]ncc12. The second kappa shape index (κ2) is 6.51. The molecule has 0 aromatic carbocycles. The smallest absolute Gasteiger partial charge is 0.226 e. The molecule has 2 rings (SSSR count). The van der Waals surface area contributed by atoms with Crippen molar-refractivity contribution in [1.82, 2.24) is 20.2 Å². The van der Waals surface area contributed by atoms with Gasteiger partial charge in [-0.1, -0.05) is 0 Å². The third-order valence-corrected chi connectivity index (χ3v) is 2.77. The molecule has 2 N–H and O–H groups in total. The first-order valence-electron chi connectivity index (χ1n) is 5.90. The number of nitrogens with zero attached hydrogens (tertiary/aromatic N) is 3. The van der Waals surface area contributed by atoms with Crippen LogP contribution in [0.3, 0.4) is 0 Å². The maximum atomic E-state index is 5.84. The third-order valence-electron chi connectivity index (χ3n) is 2.60. The second-order valence-electron chi connectivity index (χ2n) is 3.95. The van der Waals surface area contributed by atoms with Gasteiger partial charge in [-0.3, -0.25) is 5.10 Å². The fourth-order valence-electron chi connectivity index (χ4n) is 1.70. The first-order valence-corrected chi connectivity index (χ1v) is 6.28. The molecule has 0 atom stereocenters. The molecule has 0 amide bonds. The summed E-state index contributed by atoms with van der Waals surface area (Å²) >= 11 is 5.84. The number of aromatic amines is 1. The summed E-state index contributed by atoms with van der Waals surface area (Å²) in [5, 5.41) is 11.0. The maximum absolute atomic E-state index is 5.84. The van der Waals surface area contributed by atoms with E-state index in [-0.39, 0.29) is 5.28 Å². The fourth-order valence-corrected chi connectivity index (χ4v) is 1.87. The summed E-state index contributed by atoms with van der Waals surface area (Å²) in [6.07, 6.45) is 4.95. The van der Waals surface area contributed by atoms with Crippen LogP contribution in [0.15, 0.2) is 6.20 Å². The molecule has 2 aromatic heterocycles. The molecule has 18 heavy (non-hydrogen) atoms.